The largest absolute Gasteiger partial charge is 0.454 e. The Bertz CT molecular complexity index is 1550. The number of ether oxygens (including phenoxy) is 2. The summed E-state index contributed by atoms with van der Waals surface area (Å²) in [6.07, 6.45) is 8.75. The summed E-state index contributed by atoms with van der Waals surface area (Å²) in [6.45, 7) is 5.57. The Morgan fingerprint density at radius 3 is 2.76 bits per heavy atom. The molecule has 7 rings (SSSR count). The molecule has 0 saturated carbocycles. The van der Waals surface area contributed by atoms with Crippen molar-refractivity contribution in [1.29, 1.82) is 0 Å². The van der Waals surface area contributed by atoms with Crippen LogP contribution in [-0.4, -0.2) is 49.6 Å². The predicted octanol–water partition coefficient (Wildman–Crippen LogP) is 5.07. The fourth-order valence-corrected chi connectivity index (χ4v) is 5.62. The van der Waals surface area contributed by atoms with Gasteiger partial charge >= 0.3 is 0 Å². The molecule has 3 aliphatic rings. The Hall–Kier alpha value is -4.21. The zero-order valence-electron chi connectivity index (χ0n) is 21.3. The number of benzene rings is 1. The molecule has 5 heterocycles. The van der Waals surface area contributed by atoms with Crippen molar-refractivity contribution < 1.29 is 13.9 Å². The minimum atomic E-state index is -1.16. The molecule has 0 bridgehead atoms. The number of aromatic nitrogens is 6. The van der Waals surface area contributed by atoms with Crippen molar-refractivity contribution in [1.82, 2.24) is 29.7 Å². The van der Waals surface area contributed by atoms with Crippen molar-refractivity contribution in [3.63, 3.8) is 0 Å². The number of alkyl halides is 1. The summed E-state index contributed by atoms with van der Waals surface area (Å²) in [7, 11) is 0. The van der Waals surface area contributed by atoms with E-state index in [0.29, 0.717) is 12.3 Å². The lowest BCUT2D eigenvalue weighted by Gasteiger charge is -2.32. The van der Waals surface area contributed by atoms with Crippen LogP contribution in [0.25, 0.3) is 22.9 Å². The second kappa shape index (κ2) is 8.97. The van der Waals surface area contributed by atoms with Gasteiger partial charge in [0.15, 0.2) is 17.8 Å². The van der Waals surface area contributed by atoms with Gasteiger partial charge in [0.1, 0.15) is 18.0 Å². The van der Waals surface area contributed by atoms with E-state index in [0.717, 1.165) is 88.4 Å². The molecule has 1 aromatic carbocycles. The first-order valence-corrected chi connectivity index (χ1v) is 13.0. The summed E-state index contributed by atoms with van der Waals surface area (Å²) in [5.74, 6) is 3.88. The van der Waals surface area contributed by atoms with E-state index in [2.05, 4.69) is 38.0 Å². The molecule has 3 aromatic heterocycles. The van der Waals surface area contributed by atoms with Crippen LogP contribution in [-0.2, 0) is 6.42 Å². The van der Waals surface area contributed by atoms with Crippen molar-refractivity contribution in [2.75, 3.05) is 24.8 Å². The lowest BCUT2D eigenvalue weighted by atomic mass is 9.96. The van der Waals surface area contributed by atoms with Crippen LogP contribution in [0, 0.1) is 6.92 Å². The van der Waals surface area contributed by atoms with Crippen LogP contribution < -0.4 is 14.4 Å². The first-order chi connectivity index (χ1) is 18.5. The highest BCUT2D eigenvalue weighted by molar-refractivity contribution is 5.90. The molecule has 1 fully saturated rings. The number of imidazole rings is 1. The Morgan fingerprint density at radius 1 is 1.11 bits per heavy atom. The first-order valence-electron chi connectivity index (χ1n) is 13.0. The standard InChI is InChI=1S/C28H28FN7O2/c1-16-26(19-3-4-24-25(11-19)38-15-37-24)34-27(33-16)18-5-7-35(8-6-18)28-22-9-20(10-23(22)30-14-31-28)21-12-32-36(13-21)17(2)29/h3-4,9,11-14,17-18H,5-8,10,15H2,1-2H3,(H,33,34). The van der Waals surface area contributed by atoms with Crippen molar-refractivity contribution in [2.45, 2.75) is 45.3 Å². The zero-order chi connectivity index (χ0) is 25.8. The molecule has 1 saturated heterocycles. The van der Waals surface area contributed by atoms with Gasteiger partial charge in [-0.1, -0.05) is 0 Å². The molecule has 10 heteroatoms. The molecule has 4 aromatic rings. The lowest BCUT2D eigenvalue weighted by molar-refractivity contribution is 0.174. The summed E-state index contributed by atoms with van der Waals surface area (Å²) in [6, 6.07) is 5.97. The molecule has 1 N–H and O–H groups in total. The molecule has 38 heavy (non-hydrogen) atoms. The SMILES string of the molecule is Cc1[nH]c(C2CCN(c3ncnc4c3C=C(c3cnn(C(C)F)c3)C4)CC2)nc1-c1ccc2c(c1)OCO2. The third-order valence-corrected chi connectivity index (χ3v) is 7.69. The second-order valence-corrected chi connectivity index (χ2v) is 10.1. The summed E-state index contributed by atoms with van der Waals surface area (Å²) in [5, 5.41) is 4.15. The number of allylic oxidation sites excluding steroid dienone is 1. The van der Waals surface area contributed by atoms with Crippen LogP contribution in [0.15, 0.2) is 36.9 Å². The van der Waals surface area contributed by atoms with Gasteiger partial charge in [-0.3, -0.25) is 0 Å². The van der Waals surface area contributed by atoms with Gasteiger partial charge in [0.25, 0.3) is 0 Å². The number of rotatable bonds is 5. The summed E-state index contributed by atoms with van der Waals surface area (Å²) < 4.78 is 26.0. The van der Waals surface area contributed by atoms with Gasteiger partial charge in [0.2, 0.25) is 6.79 Å². The first kappa shape index (κ1) is 22.9. The molecule has 2 aliphatic heterocycles. The van der Waals surface area contributed by atoms with E-state index in [1.54, 1.807) is 18.7 Å². The molecule has 194 valence electrons. The number of piperidine rings is 1. The van der Waals surface area contributed by atoms with E-state index in [4.69, 9.17) is 14.5 Å². The third kappa shape index (κ3) is 3.91. The van der Waals surface area contributed by atoms with E-state index in [1.165, 1.54) is 11.6 Å². The maximum Gasteiger partial charge on any atom is 0.231 e. The maximum atomic E-state index is 13.7. The lowest BCUT2D eigenvalue weighted by Crippen LogP contribution is -2.34. The highest BCUT2D eigenvalue weighted by atomic mass is 19.1. The van der Waals surface area contributed by atoms with Crippen LogP contribution >= 0.6 is 0 Å². The second-order valence-electron chi connectivity index (χ2n) is 10.1. The molecule has 0 amide bonds. The highest BCUT2D eigenvalue weighted by Crippen LogP contribution is 2.39. The third-order valence-electron chi connectivity index (χ3n) is 7.69. The molecule has 1 atom stereocenters. The Labute approximate surface area is 219 Å². The summed E-state index contributed by atoms with van der Waals surface area (Å²) in [4.78, 5) is 20.1. The minimum absolute atomic E-state index is 0.262. The Kier molecular flexibility index (Phi) is 5.41. The Balaban J connectivity index is 1.07. The molecule has 0 radical (unpaired) electrons. The van der Waals surface area contributed by atoms with E-state index in [-0.39, 0.29) is 6.79 Å². The monoisotopic (exact) mass is 513 g/mol. The van der Waals surface area contributed by atoms with E-state index in [9.17, 15) is 4.39 Å². The molecule has 9 nitrogen and oxygen atoms in total. The fourth-order valence-electron chi connectivity index (χ4n) is 5.62. The number of nitrogens with zero attached hydrogens (tertiary/aromatic N) is 6. The van der Waals surface area contributed by atoms with E-state index >= 15 is 0 Å². The number of anilines is 1. The van der Waals surface area contributed by atoms with Gasteiger partial charge < -0.3 is 19.4 Å². The summed E-state index contributed by atoms with van der Waals surface area (Å²) in [5.41, 5.74) is 7.10. The quantitative estimate of drug-likeness (QED) is 0.398. The molecular weight excluding hydrogens is 485 g/mol. The molecule has 1 unspecified atom stereocenters. The maximum absolute atomic E-state index is 13.7. The van der Waals surface area contributed by atoms with Crippen LogP contribution in [0.2, 0.25) is 0 Å². The predicted molar refractivity (Wildman–Crippen MR) is 141 cm³/mol. The minimum Gasteiger partial charge on any atom is -0.454 e. The van der Waals surface area contributed by atoms with Crippen molar-refractivity contribution in [2.24, 2.45) is 0 Å². The average Bonchev–Trinajstić information content (AvgIpc) is 3.73. The smallest absolute Gasteiger partial charge is 0.231 e. The number of H-pyrrole nitrogens is 1. The molecular formula is C28H28FN7O2. The summed E-state index contributed by atoms with van der Waals surface area (Å²) >= 11 is 0. The van der Waals surface area contributed by atoms with E-state index < -0.39 is 6.30 Å². The van der Waals surface area contributed by atoms with Crippen LogP contribution in [0.4, 0.5) is 10.2 Å². The van der Waals surface area contributed by atoms with Gasteiger partial charge in [0.05, 0.1) is 17.6 Å². The van der Waals surface area contributed by atoms with Gasteiger partial charge in [0, 0.05) is 54.0 Å². The fraction of sp³-hybridized carbons (Fsp3) is 0.357. The normalized spacial score (nSPS) is 17.6. The number of halogens is 1. The zero-order valence-corrected chi connectivity index (χ0v) is 21.3. The van der Waals surface area contributed by atoms with Gasteiger partial charge in [-0.15, -0.1) is 0 Å². The van der Waals surface area contributed by atoms with Crippen molar-refractivity contribution >= 4 is 17.5 Å². The van der Waals surface area contributed by atoms with Crippen molar-refractivity contribution in [3.8, 4) is 22.8 Å². The molecule has 0 spiro atoms. The Morgan fingerprint density at radius 2 is 1.95 bits per heavy atom. The van der Waals surface area contributed by atoms with Gasteiger partial charge in [-0.25, -0.2) is 24.0 Å². The number of aromatic amines is 1. The average molecular weight is 514 g/mol. The number of hydrogen-bond donors (Lipinski definition) is 1. The highest BCUT2D eigenvalue weighted by Gasteiger charge is 2.28. The topological polar surface area (TPSA) is 94.0 Å². The van der Waals surface area contributed by atoms with Crippen LogP contribution in [0.3, 0.4) is 0 Å². The van der Waals surface area contributed by atoms with Crippen LogP contribution in [0.1, 0.15) is 60.3 Å². The number of fused-ring (bicyclic) bond motifs is 2. The number of nitrogens with one attached hydrogen (secondary N) is 1. The van der Waals surface area contributed by atoms with Crippen LogP contribution in [0.5, 0.6) is 11.5 Å². The van der Waals surface area contributed by atoms with Crippen molar-refractivity contribution in [3.05, 3.63) is 65.3 Å². The molecule has 1 aliphatic carbocycles. The van der Waals surface area contributed by atoms with Gasteiger partial charge in [-0.2, -0.15) is 5.10 Å². The van der Waals surface area contributed by atoms with Gasteiger partial charge in [-0.05, 0) is 56.5 Å². The number of aryl methyl sites for hydroxylation is 1. The van der Waals surface area contributed by atoms with E-state index in [1.807, 2.05) is 18.2 Å². The number of hydrogen-bond acceptors (Lipinski definition) is 7.